The molecule has 210 valence electrons. The molecule has 0 atom stereocenters. The number of aromatic nitrogens is 4. The van der Waals surface area contributed by atoms with E-state index in [1.54, 1.807) is 0 Å². The summed E-state index contributed by atoms with van der Waals surface area (Å²) in [4.78, 5) is 10.7. The Morgan fingerprint density at radius 2 is 1.16 bits per heavy atom. The van der Waals surface area contributed by atoms with Crippen molar-refractivity contribution in [3.05, 3.63) is 132 Å². The number of rotatable bonds is 3. The van der Waals surface area contributed by atoms with Crippen LogP contribution in [0, 0.1) is 11.3 Å². The topological polar surface area (TPSA) is 59.4 Å². The van der Waals surface area contributed by atoms with Crippen molar-refractivity contribution in [2.45, 2.75) is 26.2 Å². The summed E-state index contributed by atoms with van der Waals surface area (Å²) >= 11 is 0. The Morgan fingerprint density at radius 3 is 1.77 bits per heavy atom. The Hall–Kier alpha value is -5.73. The number of hydrogen-bond donors (Lipinski definition) is 0. The Balaban J connectivity index is 1.57. The van der Waals surface area contributed by atoms with E-state index < -0.39 is 0 Å². The van der Waals surface area contributed by atoms with Crippen molar-refractivity contribution in [2.75, 3.05) is 0 Å². The molecule has 0 unspecified atom stereocenters. The molecule has 0 amide bonds. The van der Waals surface area contributed by atoms with Gasteiger partial charge in [-0.3, -0.25) is 9.13 Å². The lowest BCUT2D eigenvalue weighted by Crippen LogP contribution is -2.13. The molecule has 4 aromatic carbocycles. The van der Waals surface area contributed by atoms with Crippen LogP contribution in [-0.4, -0.2) is 19.1 Å². The smallest absolute Gasteiger partial charge is 0.150 e. The van der Waals surface area contributed by atoms with E-state index in [1.165, 1.54) is 5.56 Å². The van der Waals surface area contributed by atoms with Crippen molar-refractivity contribution in [1.82, 2.24) is 19.1 Å². The molecule has 8 aromatic rings. The third kappa shape index (κ3) is 3.85. The minimum Gasteiger partial charge on any atom is -0.294 e. The van der Waals surface area contributed by atoms with Crippen LogP contribution in [-0.2, 0) is 5.41 Å². The fourth-order valence-electron chi connectivity index (χ4n) is 6.39. The highest BCUT2D eigenvalue weighted by atomic mass is 15.1. The summed E-state index contributed by atoms with van der Waals surface area (Å²) in [6, 6.07) is 44.0. The van der Waals surface area contributed by atoms with Crippen LogP contribution < -0.4 is 0 Å². The van der Waals surface area contributed by atoms with Crippen molar-refractivity contribution in [1.29, 1.82) is 5.26 Å². The second-order valence-corrected chi connectivity index (χ2v) is 12.3. The van der Waals surface area contributed by atoms with Crippen LogP contribution in [0.2, 0.25) is 0 Å². The maximum atomic E-state index is 10.8. The Morgan fingerprint density at radius 1 is 0.614 bits per heavy atom. The van der Waals surface area contributed by atoms with Gasteiger partial charge in [-0.25, -0.2) is 9.97 Å². The van der Waals surface area contributed by atoms with Gasteiger partial charge in [-0.2, -0.15) is 5.26 Å². The van der Waals surface area contributed by atoms with E-state index in [2.05, 4.69) is 96.6 Å². The lowest BCUT2D eigenvalue weighted by molar-refractivity contribution is 0.589. The standard InChI is InChI=1S/C39H29N5/c1-39(2,3)26-22-31(25-14-6-4-7-15-25)41-34(23-26)44-33-21-13-11-19-29(33)36-30(24-40)35-28-18-10-12-20-32(28)43(37(35)42-38(36)44)27-16-8-5-9-17-27/h4-23H,1-3H3. The molecular formula is C39H29N5. The van der Waals surface area contributed by atoms with E-state index in [-0.39, 0.29) is 5.41 Å². The number of nitrogens with zero attached hydrogens (tertiary/aromatic N) is 5. The number of pyridine rings is 2. The molecule has 0 aliphatic heterocycles. The molecule has 8 rings (SSSR count). The summed E-state index contributed by atoms with van der Waals surface area (Å²) < 4.78 is 4.31. The highest BCUT2D eigenvalue weighted by molar-refractivity contribution is 6.20. The molecule has 0 aliphatic carbocycles. The van der Waals surface area contributed by atoms with Gasteiger partial charge in [-0.15, -0.1) is 0 Å². The summed E-state index contributed by atoms with van der Waals surface area (Å²) in [5.74, 6) is 0.778. The maximum Gasteiger partial charge on any atom is 0.150 e. The minimum absolute atomic E-state index is 0.113. The maximum absolute atomic E-state index is 10.8. The molecule has 4 aromatic heterocycles. The average Bonchev–Trinajstić information content (AvgIpc) is 3.56. The van der Waals surface area contributed by atoms with Crippen molar-refractivity contribution in [3.8, 4) is 28.8 Å². The SMILES string of the molecule is CC(C)(C)c1cc(-c2ccccc2)nc(-n2c3ccccc3c3c(C#N)c4c5ccccc5n(-c5ccccc5)c4nc32)c1. The first-order chi connectivity index (χ1) is 21.4. The predicted octanol–water partition coefficient (Wildman–Crippen LogP) is 9.51. The van der Waals surface area contributed by atoms with Gasteiger partial charge in [0, 0.05) is 32.8 Å². The van der Waals surface area contributed by atoms with E-state index in [0.717, 1.165) is 61.0 Å². The molecule has 0 fully saturated rings. The van der Waals surface area contributed by atoms with Crippen LogP contribution >= 0.6 is 0 Å². The van der Waals surface area contributed by atoms with Gasteiger partial charge >= 0.3 is 0 Å². The predicted molar refractivity (Wildman–Crippen MR) is 180 cm³/mol. The number of para-hydroxylation sites is 3. The number of benzene rings is 4. The molecule has 0 N–H and O–H groups in total. The van der Waals surface area contributed by atoms with Crippen LogP contribution in [0.15, 0.2) is 121 Å². The van der Waals surface area contributed by atoms with Gasteiger partial charge in [0.1, 0.15) is 17.5 Å². The first kappa shape index (κ1) is 25.9. The van der Waals surface area contributed by atoms with Gasteiger partial charge in [0.2, 0.25) is 0 Å². The fraction of sp³-hybridized carbons (Fsp3) is 0.103. The van der Waals surface area contributed by atoms with E-state index in [0.29, 0.717) is 11.2 Å². The van der Waals surface area contributed by atoms with Crippen LogP contribution in [0.1, 0.15) is 31.9 Å². The van der Waals surface area contributed by atoms with Gasteiger partial charge in [-0.1, -0.05) is 106 Å². The largest absolute Gasteiger partial charge is 0.294 e. The first-order valence-electron chi connectivity index (χ1n) is 14.8. The average molecular weight is 568 g/mol. The third-order valence-electron chi connectivity index (χ3n) is 8.51. The molecule has 5 heteroatoms. The van der Waals surface area contributed by atoms with Crippen LogP contribution in [0.3, 0.4) is 0 Å². The molecular weight excluding hydrogens is 538 g/mol. The number of fused-ring (bicyclic) bond motifs is 6. The molecule has 0 aliphatic rings. The quantitative estimate of drug-likeness (QED) is 0.214. The summed E-state index contributed by atoms with van der Waals surface area (Å²) in [5.41, 5.74) is 8.08. The van der Waals surface area contributed by atoms with Crippen LogP contribution in [0.25, 0.3) is 66.6 Å². The zero-order chi connectivity index (χ0) is 30.0. The van der Waals surface area contributed by atoms with E-state index in [4.69, 9.17) is 9.97 Å². The van der Waals surface area contributed by atoms with Gasteiger partial charge < -0.3 is 0 Å². The molecule has 0 bridgehead atoms. The van der Waals surface area contributed by atoms with Crippen LogP contribution in [0.4, 0.5) is 0 Å². The van der Waals surface area contributed by atoms with Gasteiger partial charge in [-0.05, 0) is 47.4 Å². The highest BCUT2D eigenvalue weighted by Crippen LogP contribution is 2.41. The van der Waals surface area contributed by atoms with E-state index in [1.807, 2.05) is 60.7 Å². The third-order valence-corrected chi connectivity index (χ3v) is 8.51. The van der Waals surface area contributed by atoms with Gasteiger partial charge in [0.05, 0.1) is 22.3 Å². The fourth-order valence-corrected chi connectivity index (χ4v) is 6.39. The van der Waals surface area contributed by atoms with Crippen molar-refractivity contribution >= 4 is 43.9 Å². The summed E-state index contributed by atoms with van der Waals surface area (Å²) in [7, 11) is 0. The van der Waals surface area contributed by atoms with Gasteiger partial charge in [0.25, 0.3) is 0 Å². The minimum atomic E-state index is -0.113. The van der Waals surface area contributed by atoms with Crippen LogP contribution in [0.5, 0.6) is 0 Å². The van der Waals surface area contributed by atoms with Crippen molar-refractivity contribution in [3.63, 3.8) is 0 Å². The molecule has 0 spiro atoms. The Labute approximate surface area is 255 Å². The molecule has 44 heavy (non-hydrogen) atoms. The molecule has 4 heterocycles. The van der Waals surface area contributed by atoms with E-state index >= 15 is 0 Å². The lowest BCUT2D eigenvalue weighted by atomic mass is 9.86. The summed E-state index contributed by atoms with van der Waals surface area (Å²) in [6.07, 6.45) is 0. The molecule has 0 saturated heterocycles. The first-order valence-corrected chi connectivity index (χ1v) is 14.8. The lowest BCUT2D eigenvalue weighted by Gasteiger charge is -2.21. The normalized spacial score (nSPS) is 12.0. The van der Waals surface area contributed by atoms with Crippen molar-refractivity contribution < 1.29 is 0 Å². The number of hydrogen-bond acceptors (Lipinski definition) is 3. The zero-order valence-electron chi connectivity index (χ0n) is 24.8. The molecule has 0 saturated carbocycles. The second-order valence-electron chi connectivity index (χ2n) is 12.3. The molecule has 0 radical (unpaired) electrons. The van der Waals surface area contributed by atoms with Crippen molar-refractivity contribution in [2.24, 2.45) is 0 Å². The number of nitriles is 1. The summed E-state index contributed by atoms with van der Waals surface area (Å²) in [5, 5.41) is 14.5. The van der Waals surface area contributed by atoms with Gasteiger partial charge in [0.15, 0.2) is 5.65 Å². The zero-order valence-corrected chi connectivity index (χ0v) is 24.8. The monoisotopic (exact) mass is 567 g/mol. The Kier molecular flexibility index (Phi) is 5.69. The molecule has 5 nitrogen and oxygen atoms in total. The summed E-state index contributed by atoms with van der Waals surface area (Å²) in [6.45, 7) is 6.67. The second kappa shape index (κ2) is 9.65. The van der Waals surface area contributed by atoms with E-state index in [9.17, 15) is 5.26 Å². The Bertz CT molecular complexity index is 2420. The highest BCUT2D eigenvalue weighted by Gasteiger charge is 2.26.